The first-order valence-electron chi connectivity index (χ1n) is 4.76. The van der Waals surface area contributed by atoms with Gasteiger partial charge >= 0.3 is 0 Å². The van der Waals surface area contributed by atoms with E-state index in [4.69, 9.17) is 15.2 Å². The van der Waals surface area contributed by atoms with E-state index >= 15 is 0 Å². The first kappa shape index (κ1) is 10.8. The van der Waals surface area contributed by atoms with Crippen molar-refractivity contribution in [1.29, 1.82) is 0 Å². The van der Waals surface area contributed by atoms with Gasteiger partial charge in [-0.25, -0.2) is 0 Å². The number of hydrogen-bond acceptors (Lipinski definition) is 5. The van der Waals surface area contributed by atoms with E-state index in [9.17, 15) is 0 Å². The van der Waals surface area contributed by atoms with Gasteiger partial charge < -0.3 is 15.2 Å². The van der Waals surface area contributed by atoms with E-state index in [1.165, 1.54) is 11.5 Å². The van der Waals surface area contributed by atoms with Crippen molar-refractivity contribution >= 4 is 16.5 Å². The highest BCUT2D eigenvalue weighted by Gasteiger charge is 2.00. The molecule has 0 fully saturated rings. The average Bonchev–Trinajstić information content (AvgIpc) is 2.73. The van der Waals surface area contributed by atoms with Crippen molar-refractivity contribution in [1.82, 2.24) is 4.37 Å². The van der Waals surface area contributed by atoms with Crippen LogP contribution >= 0.6 is 11.5 Å². The number of anilines is 1. The summed E-state index contributed by atoms with van der Waals surface area (Å²) < 4.78 is 14.7. The van der Waals surface area contributed by atoms with Crippen molar-refractivity contribution in [3.8, 4) is 11.5 Å². The minimum absolute atomic E-state index is 0.431. The Balaban J connectivity index is 1.94. The number of benzene rings is 1. The van der Waals surface area contributed by atoms with Gasteiger partial charge in [0, 0.05) is 0 Å². The van der Waals surface area contributed by atoms with Crippen LogP contribution < -0.4 is 15.2 Å². The summed E-state index contributed by atoms with van der Waals surface area (Å²) in [7, 11) is 1.63. The minimum atomic E-state index is 0.431. The van der Waals surface area contributed by atoms with E-state index < -0.39 is 0 Å². The van der Waals surface area contributed by atoms with Crippen molar-refractivity contribution in [3.05, 3.63) is 36.0 Å². The van der Waals surface area contributed by atoms with E-state index in [-0.39, 0.29) is 0 Å². The zero-order chi connectivity index (χ0) is 11.4. The van der Waals surface area contributed by atoms with Gasteiger partial charge in [-0.2, -0.15) is 4.37 Å². The summed E-state index contributed by atoms with van der Waals surface area (Å²) in [6, 6.07) is 9.23. The topological polar surface area (TPSA) is 57.4 Å². The summed E-state index contributed by atoms with van der Waals surface area (Å²) in [4.78, 5) is 0. The van der Waals surface area contributed by atoms with Crippen LogP contribution in [0.15, 0.2) is 30.3 Å². The summed E-state index contributed by atoms with van der Waals surface area (Å²) in [6.07, 6.45) is 0. The molecule has 16 heavy (non-hydrogen) atoms. The summed E-state index contributed by atoms with van der Waals surface area (Å²) in [5.41, 5.74) is 6.42. The Morgan fingerprint density at radius 2 is 1.94 bits per heavy atom. The number of rotatable bonds is 4. The van der Waals surface area contributed by atoms with Crippen molar-refractivity contribution in [2.75, 3.05) is 12.8 Å². The molecule has 0 bridgehead atoms. The maximum Gasteiger partial charge on any atom is 0.131 e. The molecular weight excluding hydrogens is 224 g/mol. The number of aromatic nitrogens is 1. The largest absolute Gasteiger partial charge is 0.497 e. The fourth-order valence-electron chi connectivity index (χ4n) is 1.23. The normalized spacial score (nSPS) is 10.1. The number of ether oxygens (including phenoxy) is 2. The molecule has 1 aromatic heterocycles. The van der Waals surface area contributed by atoms with Gasteiger partial charge in [0.15, 0.2) is 0 Å². The molecule has 2 aromatic rings. The average molecular weight is 236 g/mol. The molecule has 5 heteroatoms. The SMILES string of the molecule is COc1ccc(OCc2cc(N)sn2)cc1. The Labute approximate surface area is 97.8 Å². The lowest BCUT2D eigenvalue weighted by Crippen LogP contribution is -1.95. The van der Waals surface area contributed by atoms with Gasteiger partial charge in [-0.3, -0.25) is 0 Å². The highest BCUT2D eigenvalue weighted by molar-refractivity contribution is 7.09. The summed E-state index contributed by atoms with van der Waals surface area (Å²) in [6.45, 7) is 0.431. The van der Waals surface area contributed by atoms with Crippen LogP contribution in [0.4, 0.5) is 5.00 Å². The van der Waals surface area contributed by atoms with Crippen LogP contribution in [0.25, 0.3) is 0 Å². The van der Waals surface area contributed by atoms with Gasteiger partial charge in [0.1, 0.15) is 23.1 Å². The molecular formula is C11H12N2O2S. The zero-order valence-corrected chi connectivity index (χ0v) is 9.66. The number of hydrogen-bond donors (Lipinski definition) is 1. The van der Waals surface area contributed by atoms with Crippen LogP contribution in [0.1, 0.15) is 5.69 Å². The van der Waals surface area contributed by atoms with Crippen LogP contribution in [0.5, 0.6) is 11.5 Å². The smallest absolute Gasteiger partial charge is 0.131 e. The lowest BCUT2D eigenvalue weighted by molar-refractivity contribution is 0.302. The van der Waals surface area contributed by atoms with Crippen molar-refractivity contribution in [3.63, 3.8) is 0 Å². The molecule has 0 aliphatic rings. The van der Waals surface area contributed by atoms with E-state index in [1.54, 1.807) is 7.11 Å². The summed E-state index contributed by atoms with van der Waals surface area (Å²) in [5.74, 6) is 1.60. The van der Waals surface area contributed by atoms with Gasteiger partial charge in [0.2, 0.25) is 0 Å². The standard InChI is InChI=1S/C11H12N2O2S/c1-14-9-2-4-10(5-3-9)15-7-8-6-11(12)16-13-8/h2-6H,7,12H2,1H3. The van der Waals surface area contributed by atoms with E-state index in [1.807, 2.05) is 30.3 Å². The third kappa shape index (κ3) is 2.64. The second-order valence-electron chi connectivity index (χ2n) is 3.18. The molecule has 0 aliphatic carbocycles. The molecule has 2 rings (SSSR count). The van der Waals surface area contributed by atoms with Gasteiger partial charge in [0.05, 0.1) is 12.8 Å². The predicted octanol–water partition coefficient (Wildman–Crippen LogP) is 2.31. The Morgan fingerprint density at radius 1 is 1.25 bits per heavy atom. The zero-order valence-electron chi connectivity index (χ0n) is 8.84. The predicted molar refractivity (Wildman–Crippen MR) is 63.9 cm³/mol. The molecule has 1 heterocycles. The second-order valence-corrected chi connectivity index (χ2v) is 4.02. The monoisotopic (exact) mass is 236 g/mol. The Bertz CT molecular complexity index is 453. The first-order valence-corrected chi connectivity index (χ1v) is 5.53. The molecule has 0 aliphatic heterocycles. The maximum absolute atomic E-state index is 5.57. The molecule has 0 amide bonds. The summed E-state index contributed by atoms with van der Waals surface area (Å²) >= 11 is 1.27. The van der Waals surface area contributed by atoms with Gasteiger partial charge in [-0.15, -0.1) is 0 Å². The molecule has 0 atom stereocenters. The molecule has 0 saturated carbocycles. The van der Waals surface area contributed by atoms with Gasteiger partial charge in [-0.1, -0.05) is 0 Å². The lowest BCUT2D eigenvalue weighted by Gasteiger charge is -2.04. The van der Waals surface area contributed by atoms with Crippen molar-refractivity contribution in [2.45, 2.75) is 6.61 Å². The number of nitrogens with zero attached hydrogens (tertiary/aromatic N) is 1. The lowest BCUT2D eigenvalue weighted by atomic mass is 10.3. The highest BCUT2D eigenvalue weighted by atomic mass is 32.1. The molecule has 2 N–H and O–H groups in total. The Kier molecular flexibility index (Phi) is 3.26. The fraction of sp³-hybridized carbons (Fsp3) is 0.182. The molecule has 0 unspecified atom stereocenters. The van der Waals surface area contributed by atoms with E-state index in [0.717, 1.165) is 17.2 Å². The number of methoxy groups -OCH3 is 1. The van der Waals surface area contributed by atoms with E-state index in [2.05, 4.69) is 4.37 Å². The van der Waals surface area contributed by atoms with Crippen LogP contribution in [0.3, 0.4) is 0 Å². The van der Waals surface area contributed by atoms with Crippen molar-refractivity contribution < 1.29 is 9.47 Å². The number of nitrogen functional groups attached to an aromatic ring is 1. The maximum atomic E-state index is 5.57. The quantitative estimate of drug-likeness (QED) is 0.885. The van der Waals surface area contributed by atoms with Crippen LogP contribution in [0.2, 0.25) is 0 Å². The van der Waals surface area contributed by atoms with Crippen molar-refractivity contribution in [2.24, 2.45) is 0 Å². The second kappa shape index (κ2) is 4.85. The minimum Gasteiger partial charge on any atom is -0.497 e. The third-order valence-corrected chi connectivity index (χ3v) is 2.68. The van der Waals surface area contributed by atoms with Crippen LogP contribution in [0, 0.1) is 0 Å². The molecule has 1 aromatic carbocycles. The van der Waals surface area contributed by atoms with Gasteiger partial charge in [-0.05, 0) is 41.9 Å². The molecule has 4 nitrogen and oxygen atoms in total. The molecule has 0 spiro atoms. The van der Waals surface area contributed by atoms with Crippen LogP contribution in [-0.2, 0) is 6.61 Å². The Hall–Kier alpha value is -1.75. The summed E-state index contributed by atoms with van der Waals surface area (Å²) in [5, 5.41) is 0.702. The van der Waals surface area contributed by atoms with Crippen LogP contribution in [-0.4, -0.2) is 11.5 Å². The molecule has 84 valence electrons. The molecule has 0 radical (unpaired) electrons. The van der Waals surface area contributed by atoms with Gasteiger partial charge in [0.25, 0.3) is 0 Å². The Morgan fingerprint density at radius 3 is 2.50 bits per heavy atom. The molecule has 0 saturated heterocycles. The van der Waals surface area contributed by atoms with E-state index in [0.29, 0.717) is 11.6 Å². The first-order chi connectivity index (χ1) is 7.78. The fourth-order valence-corrected chi connectivity index (χ4v) is 1.74. The highest BCUT2D eigenvalue weighted by Crippen LogP contribution is 2.19. The third-order valence-electron chi connectivity index (χ3n) is 2.02. The number of nitrogens with two attached hydrogens (primary N) is 1.